The quantitative estimate of drug-likeness (QED) is 0.588. The molecule has 0 spiro atoms. The lowest BCUT2D eigenvalue weighted by Crippen LogP contribution is -2.30. The van der Waals surface area contributed by atoms with Gasteiger partial charge in [-0.2, -0.15) is 0 Å². The number of anilines is 1. The van der Waals surface area contributed by atoms with Gasteiger partial charge in [0.1, 0.15) is 10.8 Å². The summed E-state index contributed by atoms with van der Waals surface area (Å²) in [5, 5.41) is 3.88. The second-order valence-corrected chi connectivity index (χ2v) is 6.54. The summed E-state index contributed by atoms with van der Waals surface area (Å²) in [7, 11) is 0. The molecule has 3 N–H and O–H groups in total. The van der Waals surface area contributed by atoms with Crippen LogP contribution in [0, 0.1) is 5.82 Å². The molecule has 0 radical (unpaired) electrons. The second kappa shape index (κ2) is 7.81. The first-order valence-electron chi connectivity index (χ1n) is 6.74. The number of hydrogen-bond donors (Lipinski definition) is 2. The summed E-state index contributed by atoms with van der Waals surface area (Å²) in [6.45, 7) is 1.31. The fourth-order valence-corrected chi connectivity index (χ4v) is 3.03. The van der Waals surface area contributed by atoms with E-state index in [2.05, 4.69) is 5.32 Å². The van der Waals surface area contributed by atoms with Crippen LogP contribution in [0.2, 0.25) is 10.0 Å². The van der Waals surface area contributed by atoms with E-state index in [9.17, 15) is 18.8 Å². The molecule has 0 saturated heterocycles. The van der Waals surface area contributed by atoms with E-state index in [4.69, 9.17) is 33.7 Å². The van der Waals surface area contributed by atoms with Crippen LogP contribution in [0.1, 0.15) is 27.6 Å². The molecule has 0 aliphatic carbocycles. The first-order valence-corrected chi connectivity index (χ1v) is 8.38. The fourth-order valence-electron chi connectivity index (χ4n) is 1.77. The van der Waals surface area contributed by atoms with Gasteiger partial charge in [-0.3, -0.25) is 9.59 Å². The molecule has 0 fully saturated rings. The largest absolute Gasteiger partial charge is 0.449 e. The van der Waals surface area contributed by atoms with E-state index < -0.39 is 29.7 Å². The minimum Gasteiger partial charge on any atom is -0.449 e. The van der Waals surface area contributed by atoms with Crippen molar-refractivity contribution in [3.63, 3.8) is 0 Å². The number of rotatable bonds is 5. The molecule has 6 nitrogen and oxygen atoms in total. The Labute approximate surface area is 155 Å². The number of ether oxygens (including phenoxy) is 1. The van der Waals surface area contributed by atoms with E-state index in [0.717, 1.165) is 23.5 Å². The molecular weight excluding hydrogens is 394 g/mol. The molecule has 2 rings (SSSR count). The topological polar surface area (TPSA) is 98.5 Å². The second-order valence-electron chi connectivity index (χ2n) is 4.81. The van der Waals surface area contributed by atoms with Gasteiger partial charge in [0.2, 0.25) is 0 Å². The van der Waals surface area contributed by atoms with Crippen molar-refractivity contribution in [3.05, 3.63) is 50.6 Å². The Kier molecular flexibility index (Phi) is 5.99. The summed E-state index contributed by atoms with van der Waals surface area (Å²) in [5.41, 5.74) is 5.05. The number of nitrogens with two attached hydrogens (primary N) is 1. The molecule has 0 aliphatic rings. The third kappa shape index (κ3) is 4.47. The van der Waals surface area contributed by atoms with E-state index >= 15 is 0 Å². The van der Waals surface area contributed by atoms with Crippen LogP contribution in [-0.2, 0) is 9.53 Å². The molecule has 10 heteroatoms. The van der Waals surface area contributed by atoms with Crippen molar-refractivity contribution in [2.24, 2.45) is 5.73 Å². The van der Waals surface area contributed by atoms with Crippen LogP contribution in [0.25, 0.3) is 0 Å². The van der Waals surface area contributed by atoms with E-state index in [1.54, 1.807) is 5.38 Å². The summed E-state index contributed by atoms with van der Waals surface area (Å²) in [4.78, 5) is 35.4. The number of amides is 2. The molecule has 1 aromatic carbocycles. The normalized spacial score (nSPS) is 11.7. The fraction of sp³-hybridized carbons (Fsp3) is 0.133. The van der Waals surface area contributed by atoms with E-state index in [1.807, 2.05) is 0 Å². The van der Waals surface area contributed by atoms with Gasteiger partial charge >= 0.3 is 5.97 Å². The van der Waals surface area contributed by atoms with Crippen LogP contribution in [-0.4, -0.2) is 23.9 Å². The predicted molar refractivity (Wildman–Crippen MR) is 92.8 cm³/mol. The Morgan fingerprint density at radius 1 is 1.24 bits per heavy atom. The highest BCUT2D eigenvalue weighted by Crippen LogP contribution is 2.26. The van der Waals surface area contributed by atoms with Crippen molar-refractivity contribution >= 4 is 57.3 Å². The Morgan fingerprint density at radius 3 is 2.56 bits per heavy atom. The minimum atomic E-state index is -1.23. The molecule has 1 unspecified atom stereocenters. The number of benzene rings is 1. The number of esters is 1. The van der Waals surface area contributed by atoms with Crippen molar-refractivity contribution in [2.45, 2.75) is 13.0 Å². The van der Waals surface area contributed by atoms with Crippen LogP contribution in [0.3, 0.4) is 0 Å². The van der Waals surface area contributed by atoms with Gasteiger partial charge in [0, 0.05) is 0 Å². The van der Waals surface area contributed by atoms with Gasteiger partial charge in [-0.1, -0.05) is 23.2 Å². The van der Waals surface area contributed by atoms with Crippen molar-refractivity contribution < 1.29 is 23.5 Å². The number of nitrogens with one attached hydrogen (secondary N) is 1. The van der Waals surface area contributed by atoms with E-state index in [1.165, 1.54) is 13.0 Å². The highest BCUT2D eigenvalue weighted by molar-refractivity contribution is 7.14. The average Bonchev–Trinajstić information content (AvgIpc) is 2.98. The number of carbonyl (C=O) groups excluding carboxylic acids is 3. The summed E-state index contributed by atoms with van der Waals surface area (Å²) < 4.78 is 18.4. The zero-order chi connectivity index (χ0) is 18.7. The molecule has 25 heavy (non-hydrogen) atoms. The molecule has 2 aromatic rings. The average molecular weight is 405 g/mol. The molecule has 132 valence electrons. The lowest BCUT2D eigenvalue weighted by atomic mass is 10.2. The van der Waals surface area contributed by atoms with Crippen molar-refractivity contribution in [1.29, 1.82) is 0 Å². The van der Waals surface area contributed by atoms with Gasteiger partial charge in [-0.25, -0.2) is 9.18 Å². The Hall–Kier alpha value is -2.16. The van der Waals surface area contributed by atoms with Crippen LogP contribution in [0.15, 0.2) is 23.6 Å². The Bertz CT molecular complexity index is 856. The molecule has 1 atom stereocenters. The van der Waals surface area contributed by atoms with Gasteiger partial charge in [-0.15, -0.1) is 11.3 Å². The molecule has 1 aromatic heterocycles. The first kappa shape index (κ1) is 19.2. The van der Waals surface area contributed by atoms with Crippen LogP contribution in [0.4, 0.5) is 9.39 Å². The van der Waals surface area contributed by atoms with Gasteiger partial charge in [0.15, 0.2) is 6.10 Å². The summed E-state index contributed by atoms with van der Waals surface area (Å²) in [6.07, 6.45) is -1.23. The minimum absolute atomic E-state index is 0.113. The molecule has 0 saturated carbocycles. The Balaban J connectivity index is 2.08. The maximum absolute atomic E-state index is 13.5. The first-order chi connectivity index (χ1) is 11.7. The number of halogens is 3. The number of thiophene rings is 1. The molecule has 0 aliphatic heterocycles. The standard InChI is InChI=1S/C15H11Cl2FN2O4S/c1-6(13(22)20-14-7(12(19)21)2-3-25-14)24-15(23)8-4-11(18)10(17)5-9(8)16/h2-6H,1H3,(H2,19,21)(H,20,22). The van der Waals surface area contributed by atoms with Crippen molar-refractivity contribution in [2.75, 3.05) is 5.32 Å². The highest BCUT2D eigenvalue weighted by atomic mass is 35.5. The van der Waals surface area contributed by atoms with Crippen LogP contribution in [0.5, 0.6) is 0 Å². The smallest absolute Gasteiger partial charge is 0.340 e. The molecule has 1 heterocycles. The number of hydrogen-bond acceptors (Lipinski definition) is 5. The van der Waals surface area contributed by atoms with Crippen LogP contribution < -0.4 is 11.1 Å². The summed E-state index contributed by atoms with van der Waals surface area (Å²) >= 11 is 12.5. The monoisotopic (exact) mass is 404 g/mol. The molecule has 0 bridgehead atoms. The van der Waals surface area contributed by atoms with Gasteiger partial charge < -0.3 is 15.8 Å². The maximum Gasteiger partial charge on any atom is 0.340 e. The summed E-state index contributed by atoms with van der Waals surface area (Å²) in [6, 6.07) is 3.34. The lowest BCUT2D eigenvalue weighted by molar-refractivity contribution is -0.123. The van der Waals surface area contributed by atoms with Crippen molar-refractivity contribution in [1.82, 2.24) is 0 Å². The SMILES string of the molecule is CC(OC(=O)c1cc(F)c(Cl)cc1Cl)C(=O)Nc1sccc1C(N)=O. The molecular formula is C15H11Cl2FN2O4S. The third-order valence-electron chi connectivity index (χ3n) is 3.05. The summed E-state index contributed by atoms with van der Waals surface area (Å²) in [5.74, 6) is -3.24. The molecule has 2 amide bonds. The van der Waals surface area contributed by atoms with Crippen LogP contribution >= 0.6 is 34.5 Å². The zero-order valence-electron chi connectivity index (χ0n) is 12.6. The Morgan fingerprint density at radius 2 is 1.92 bits per heavy atom. The van der Waals surface area contributed by atoms with Crippen molar-refractivity contribution in [3.8, 4) is 0 Å². The number of primary amides is 1. The maximum atomic E-state index is 13.5. The van der Waals surface area contributed by atoms with Gasteiger partial charge in [0.05, 0.1) is 21.2 Å². The lowest BCUT2D eigenvalue weighted by Gasteiger charge is -2.14. The predicted octanol–water partition coefficient (Wildman–Crippen LogP) is 3.48. The van der Waals surface area contributed by atoms with Gasteiger partial charge in [0.25, 0.3) is 11.8 Å². The highest BCUT2D eigenvalue weighted by Gasteiger charge is 2.23. The zero-order valence-corrected chi connectivity index (χ0v) is 15.0. The van der Waals surface area contributed by atoms with E-state index in [-0.39, 0.29) is 26.2 Å². The van der Waals surface area contributed by atoms with Gasteiger partial charge in [-0.05, 0) is 30.5 Å². The third-order valence-corrected chi connectivity index (χ3v) is 4.48. The van der Waals surface area contributed by atoms with E-state index in [0.29, 0.717) is 0 Å². The number of carbonyl (C=O) groups is 3.